The van der Waals surface area contributed by atoms with Crippen molar-refractivity contribution in [3.8, 4) is 33.6 Å². The van der Waals surface area contributed by atoms with Crippen molar-refractivity contribution in [3.05, 3.63) is 66.7 Å². The van der Waals surface area contributed by atoms with E-state index in [2.05, 4.69) is 54.5 Å². The maximum Gasteiger partial charge on any atom is 0.407 e. The van der Waals surface area contributed by atoms with Gasteiger partial charge in [-0.05, 0) is 49.4 Å². The smallest absolute Gasteiger partial charge is 0.407 e. The zero-order valence-electron chi connectivity index (χ0n) is 29.8. The lowest BCUT2D eigenvalue weighted by Gasteiger charge is -2.21. The standard InChI is InChI=1S/C31H38N8O4.C3H8.C2H6/c1-6-15-39(27(40)18-34-30(42)43-5)19-26-32-16-24(35-26)22-11-7-20(8-12-22)21-9-13-23(14-10-21)25-17-33-28(36-25)37-29(41)38-31(2,3)4;1-3-2;1-2/h7-14,16-17H,6,15,18-19H2,1-5H3,(H,32,35)(H,34,42)(H3,33,36,37,38,41);3H2,1-2H3;1-2H3. The Bertz CT molecular complexity index is 1550. The number of rotatable bonds is 10. The van der Waals surface area contributed by atoms with Crippen molar-refractivity contribution in [1.29, 1.82) is 0 Å². The Hall–Kier alpha value is -5.13. The summed E-state index contributed by atoms with van der Waals surface area (Å²) in [5.41, 5.74) is 5.30. The highest BCUT2D eigenvalue weighted by Gasteiger charge is 2.17. The highest BCUT2D eigenvalue weighted by Crippen LogP contribution is 2.27. The van der Waals surface area contributed by atoms with E-state index in [9.17, 15) is 14.4 Å². The van der Waals surface area contributed by atoms with E-state index in [4.69, 9.17) is 0 Å². The predicted molar refractivity (Wildman–Crippen MR) is 192 cm³/mol. The summed E-state index contributed by atoms with van der Waals surface area (Å²) in [7, 11) is 1.26. The molecule has 0 spiro atoms. The molecule has 0 bridgehead atoms. The van der Waals surface area contributed by atoms with E-state index in [0.29, 0.717) is 24.9 Å². The van der Waals surface area contributed by atoms with E-state index >= 15 is 0 Å². The summed E-state index contributed by atoms with van der Waals surface area (Å²) in [6.07, 6.45) is 4.82. The Morgan fingerprint density at radius 3 is 1.81 bits per heavy atom. The number of methoxy groups -OCH3 is 1. The number of nitrogens with zero attached hydrogens (tertiary/aromatic N) is 3. The number of nitrogens with one attached hydrogen (secondary N) is 5. The van der Waals surface area contributed by atoms with Gasteiger partial charge in [-0.3, -0.25) is 10.1 Å². The van der Waals surface area contributed by atoms with Crippen LogP contribution in [0.4, 0.5) is 15.5 Å². The lowest BCUT2D eigenvalue weighted by Crippen LogP contribution is -2.43. The van der Waals surface area contributed by atoms with Gasteiger partial charge >= 0.3 is 12.1 Å². The first kappa shape index (κ1) is 39.1. The molecule has 4 amide bonds. The third-order valence-electron chi connectivity index (χ3n) is 6.41. The van der Waals surface area contributed by atoms with Crippen LogP contribution in [0.15, 0.2) is 60.9 Å². The van der Waals surface area contributed by atoms with Crippen molar-refractivity contribution in [2.45, 2.75) is 80.3 Å². The monoisotopic (exact) mass is 660 g/mol. The number of ether oxygens (including phenoxy) is 1. The number of anilines is 1. The zero-order valence-corrected chi connectivity index (χ0v) is 29.8. The van der Waals surface area contributed by atoms with Crippen LogP contribution in [-0.4, -0.2) is 68.6 Å². The highest BCUT2D eigenvalue weighted by atomic mass is 16.5. The molecule has 0 fully saturated rings. The largest absolute Gasteiger partial charge is 0.453 e. The average molecular weight is 661 g/mol. The van der Waals surface area contributed by atoms with Gasteiger partial charge in [-0.2, -0.15) is 0 Å². The normalized spacial score (nSPS) is 10.4. The fraction of sp³-hybridized carbons (Fsp3) is 0.417. The van der Waals surface area contributed by atoms with E-state index < -0.39 is 6.09 Å². The van der Waals surface area contributed by atoms with Crippen molar-refractivity contribution in [1.82, 2.24) is 35.5 Å². The topological polar surface area (TPSA) is 157 Å². The molecule has 0 aliphatic rings. The number of aromatic nitrogens is 4. The number of aromatic amines is 2. The molecule has 0 aliphatic carbocycles. The first-order chi connectivity index (χ1) is 23.0. The van der Waals surface area contributed by atoms with Crippen LogP contribution in [-0.2, 0) is 16.1 Å². The van der Waals surface area contributed by atoms with Gasteiger partial charge in [0.25, 0.3) is 0 Å². The van der Waals surface area contributed by atoms with Crippen LogP contribution in [0.25, 0.3) is 33.6 Å². The molecular formula is C36H52N8O4. The Morgan fingerprint density at radius 2 is 1.31 bits per heavy atom. The van der Waals surface area contributed by atoms with Crippen LogP contribution in [0.1, 0.15) is 74.1 Å². The Kier molecular flexibility index (Phi) is 15.9. The Labute approximate surface area is 284 Å². The van der Waals surface area contributed by atoms with Gasteiger partial charge in [0.2, 0.25) is 11.9 Å². The Balaban J connectivity index is 0.00000151. The summed E-state index contributed by atoms with van der Waals surface area (Å²) in [5, 5.41) is 7.98. The number of hydrogen-bond acceptors (Lipinski definition) is 6. The second-order valence-electron chi connectivity index (χ2n) is 11.7. The Morgan fingerprint density at radius 1 is 0.812 bits per heavy atom. The molecule has 260 valence electrons. The van der Waals surface area contributed by atoms with Crippen LogP contribution < -0.4 is 16.0 Å². The molecule has 0 unspecified atom stereocenters. The highest BCUT2D eigenvalue weighted by molar-refractivity contribution is 5.88. The molecule has 4 aromatic rings. The van der Waals surface area contributed by atoms with Gasteiger partial charge in [0.1, 0.15) is 12.4 Å². The van der Waals surface area contributed by atoms with E-state index in [1.807, 2.05) is 90.1 Å². The average Bonchev–Trinajstić information content (AvgIpc) is 3.74. The molecule has 0 radical (unpaired) electrons. The molecule has 5 N–H and O–H groups in total. The summed E-state index contributed by atoms with van der Waals surface area (Å²) in [4.78, 5) is 52.8. The minimum absolute atomic E-state index is 0.140. The molecular weight excluding hydrogens is 608 g/mol. The van der Waals surface area contributed by atoms with Gasteiger partial charge in [0.15, 0.2) is 0 Å². The van der Waals surface area contributed by atoms with E-state index in [1.54, 1.807) is 17.3 Å². The number of H-pyrrole nitrogens is 2. The number of benzene rings is 2. The van der Waals surface area contributed by atoms with Gasteiger partial charge in [-0.15, -0.1) is 0 Å². The summed E-state index contributed by atoms with van der Waals surface area (Å²) in [6, 6.07) is 15.9. The minimum Gasteiger partial charge on any atom is -0.453 e. The number of hydrogen-bond donors (Lipinski definition) is 5. The molecule has 2 aromatic carbocycles. The number of carbonyl (C=O) groups is 3. The summed E-state index contributed by atoms with van der Waals surface area (Å²) >= 11 is 0. The summed E-state index contributed by atoms with van der Waals surface area (Å²) in [5.74, 6) is 0.814. The lowest BCUT2D eigenvalue weighted by atomic mass is 10.0. The van der Waals surface area contributed by atoms with Gasteiger partial charge in [0, 0.05) is 12.1 Å². The number of imidazole rings is 2. The van der Waals surface area contributed by atoms with Crippen LogP contribution in [0, 0.1) is 0 Å². The quantitative estimate of drug-likeness (QED) is 0.118. The lowest BCUT2D eigenvalue weighted by molar-refractivity contribution is -0.130. The fourth-order valence-electron chi connectivity index (χ4n) is 4.36. The van der Waals surface area contributed by atoms with Gasteiger partial charge < -0.3 is 30.2 Å². The van der Waals surface area contributed by atoms with E-state index in [-0.39, 0.29) is 24.0 Å². The third kappa shape index (κ3) is 12.6. The van der Waals surface area contributed by atoms with Crippen molar-refractivity contribution < 1.29 is 19.1 Å². The maximum atomic E-state index is 12.6. The summed E-state index contributed by atoms with van der Waals surface area (Å²) < 4.78 is 4.54. The second-order valence-corrected chi connectivity index (χ2v) is 11.7. The number of urea groups is 1. The number of carbonyl (C=O) groups excluding carboxylic acids is 3. The zero-order chi connectivity index (χ0) is 35.7. The summed E-state index contributed by atoms with van der Waals surface area (Å²) in [6.45, 7) is 16.7. The van der Waals surface area contributed by atoms with Crippen molar-refractivity contribution in [3.63, 3.8) is 0 Å². The first-order valence-electron chi connectivity index (χ1n) is 16.4. The van der Waals surface area contributed by atoms with Crippen molar-refractivity contribution >= 4 is 24.0 Å². The second kappa shape index (κ2) is 19.5. The number of amides is 4. The van der Waals surface area contributed by atoms with Crippen LogP contribution >= 0.6 is 0 Å². The first-order valence-corrected chi connectivity index (χ1v) is 16.4. The van der Waals surface area contributed by atoms with Crippen molar-refractivity contribution in [2.75, 3.05) is 25.5 Å². The van der Waals surface area contributed by atoms with E-state index in [1.165, 1.54) is 13.5 Å². The molecule has 2 aromatic heterocycles. The molecule has 0 saturated heterocycles. The van der Waals surface area contributed by atoms with Crippen LogP contribution in [0.3, 0.4) is 0 Å². The molecule has 4 rings (SSSR count). The minimum atomic E-state index is -0.646. The molecule has 12 nitrogen and oxygen atoms in total. The third-order valence-corrected chi connectivity index (χ3v) is 6.41. The van der Waals surface area contributed by atoms with E-state index in [0.717, 1.165) is 40.1 Å². The molecule has 2 heterocycles. The molecule has 0 atom stereocenters. The molecule has 0 saturated carbocycles. The fourth-order valence-corrected chi connectivity index (χ4v) is 4.36. The van der Waals surface area contributed by atoms with Gasteiger partial charge in [0.05, 0.1) is 37.4 Å². The van der Waals surface area contributed by atoms with Gasteiger partial charge in [-0.25, -0.2) is 19.6 Å². The van der Waals surface area contributed by atoms with Crippen LogP contribution in [0.2, 0.25) is 0 Å². The predicted octanol–water partition coefficient (Wildman–Crippen LogP) is 7.59. The van der Waals surface area contributed by atoms with Crippen LogP contribution in [0.5, 0.6) is 0 Å². The van der Waals surface area contributed by atoms with Crippen molar-refractivity contribution in [2.24, 2.45) is 0 Å². The molecule has 48 heavy (non-hydrogen) atoms. The molecule has 0 aliphatic heterocycles. The van der Waals surface area contributed by atoms with Gasteiger partial charge in [-0.1, -0.05) is 89.6 Å². The number of alkyl carbamates (subject to hydrolysis) is 1. The molecule has 12 heteroatoms. The SMILES string of the molecule is CC.CCC.CCCN(Cc1ncc(-c2ccc(-c3ccc(-c4cnc(NC(=O)NC(C)(C)C)[nH]4)cc3)cc2)[nH]1)C(=O)CNC(=O)OC. The maximum absolute atomic E-state index is 12.6.